The molecule has 1 aliphatic heterocycles. The molecule has 1 fully saturated rings. The Labute approximate surface area is 285 Å². The maximum absolute atomic E-state index is 15.0. The van der Waals surface area contributed by atoms with Crippen molar-refractivity contribution in [2.45, 2.75) is 31.5 Å². The summed E-state index contributed by atoms with van der Waals surface area (Å²) in [4.78, 5) is 69.3. The number of esters is 2. The van der Waals surface area contributed by atoms with E-state index in [0.717, 1.165) is 28.7 Å². The summed E-state index contributed by atoms with van der Waals surface area (Å²) in [5.41, 5.74) is -2.45. The number of benzene rings is 2. The smallest absolute Gasteiger partial charge is 0.346 e. The number of ether oxygens (including phenoxy) is 4. The number of aliphatic hydroxyl groups excluding tert-OH is 1. The third-order valence-electron chi connectivity index (χ3n) is 7.53. The lowest BCUT2D eigenvalue weighted by molar-refractivity contribution is -0.0661. The van der Waals surface area contributed by atoms with E-state index in [4.69, 9.17) is 35.0 Å². The van der Waals surface area contributed by atoms with E-state index in [9.17, 15) is 33.5 Å². The minimum Gasteiger partial charge on any atom is -0.472 e. The Bertz CT molecular complexity index is 2170. The van der Waals surface area contributed by atoms with E-state index >= 15 is 0 Å². The van der Waals surface area contributed by atoms with Crippen LogP contribution in [0.3, 0.4) is 0 Å². The fourth-order valence-electron chi connectivity index (χ4n) is 5.07. The number of nitrogens with zero attached hydrogens (tertiary/aromatic N) is 3. The number of aromatic nitrogens is 3. The highest BCUT2D eigenvalue weighted by molar-refractivity contribution is 6.30. The minimum absolute atomic E-state index is 0.0107. The number of halogens is 2. The van der Waals surface area contributed by atoms with Gasteiger partial charge >= 0.3 is 17.6 Å². The second-order valence-electron chi connectivity index (χ2n) is 10.8. The summed E-state index contributed by atoms with van der Waals surface area (Å²) < 4.78 is 42.9. The largest absolute Gasteiger partial charge is 0.472 e. The Kier molecular flexibility index (Phi) is 10.1. The van der Waals surface area contributed by atoms with Crippen molar-refractivity contribution in [3.63, 3.8) is 0 Å². The van der Waals surface area contributed by atoms with E-state index in [1.807, 2.05) is 30.3 Å². The SMILES string of the molecule is O=C(Oc1cc(Cl)cnc1OC(=O)c1cccc(C(=O)n2c(=O)c(F)cn([C@H]3C[C@H](OCc4ccccc4)[C@@H](CO)O3)c2=O)c1)c1ccoc1. The van der Waals surface area contributed by atoms with Gasteiger partial charge in [-0.05, 0) is 29.8 Å². The first-order chi connectivity index (χ1) is 24.1. The molecule has 6 rings (SSSR count). The van der Waals surface area contributed by atoms with E-state index in [-0.39, 0.29) is 45.1 Å². The molecule has 0 bridgehead atoms. The van der Waals surface area contributed by atoms with Crippen molar-refractivity contribution in [1.82, 2.24) is 14.1 Å². The Morgan fingerprint density at radius 1 is 0.980 bits per heavy atom. The van der Waals surface area contributed by atoms with Crippen molar-refractivity contribution in [2.75, 3.05) is 6.61 Å². The molecule has 0 unspecified atom stereocenters. The predicted molar refractivity (Wildman–Crippen MR) is 170 cm³/mol. The molecule has 14 nitrogen and oxygen atoms in total. The van der Waals surface area contributed by atoms with Crippen LogP contribution in [0.2, 0.25) is 5.02 Å². The molecule has 16 heteroatoms. The van der Waals surface area contributed by atoms with Gasteiger partial charge in [0.15, 0.2) is 5.75 Å². The minimum atomic E-state index is -1.53. The molecule has 2 aromatic carbocycles. The highest BCUT2D eigenvalue weighted by Gasteiger charge is 2.38. The van der Waals surface area contributed by atoms with Gasteiger partial charge in [0.25, 0.3) is 17.3 Å². The average Bonchev–Trinajstić information content (AvgIpc) is 3.81. The van der Waals surface area contributed by atoms with Crippen molar-refractivity contribution in [2.24, 2.45) is 0 Å². The van der Waals surface area contributed by atoms with Crippen LogP contribution in [0.25, 0.3) is 0 Å². The van der Waals surface area contributed by atoms with Crippen LogP contribution in [-0.4, -0.2) is 55.9 Å². The molecule has 0 saturated carbocycles. The molecule has 1 aliphatic rings. The third kappa shape index (κ3) is 7.30. The number of carbonyl (C=O) groups is 3. The van der Waals surface area contributed by atoms with E-state index in [1.165, 1.54) is 36.6 Å². The molecule has 0 spiro atoms. The lowest BCUT2D eigenvalue weighted by atomic mass is 10.1. The van der Waals surface area contributed by atoms with Crippen molar-refractivity contribution in [3.8, 4) is 11.6 Å². The van der Waals surface area contributed by atoms with Gasteiger partial charge < -0.3 is 28.5 Å². The molecule has 4 heterocycles. The van der Waals surface area contributed by atoms with Gasteiger partial charge in [0, 0.05) is 24.2 Å². The zero-order chi connectivity index (χ0) is 35.4. The second kappa shape index (κ2) is 14.8. The highest BCUT2D eigenvalue weighted by Crippen LogP contribution is 2.31. The number of rotatable bonds is 10. The van der Waals surface area contributed by atoms with Gasteiger partial charge in [-0.15, -0.1) is 0 Å². The zero-order valence-corrected chi connectivity index (χ0v) is 26.4. The third-order valence-corrected chi connectivity index (χ3v) is 7.74. The summed E-state index contributed by atoms with van der Waals surface area (Å²) in [7, 11) is 0. The van der Waals surface area contributed by atoms with E-state index in [1.54, 1.807) is 0 Å². The first-order valence-electron chi connectivity index (χ1n) is 14.9. The van der Waals surface area contributed by atoms with Gasteiger partial charge in [0.1, 0.15) is 18.6 Å². The second-order valence-corrected chi connectivity index (χ2v) is 11.3. The number of furan rings is 1. The summed E-state index contributed by atoms with van der Waals surface area (Å²) in [6, 6.07) is 16.4. The zero-order valence-electron chi connectivity index (χ0n) is 25.6. The van der Waals surface area contributed by atoms with Gasteiger partial charge in [0.2, 0.25) is 5.82 Å². The van der Waals surface area contributed by atoms with Gasteiger partial charge in [-0.25, -0.2) is 19.4 Å². The van der Waals surface area contributed by atoms with E-state index < -0.39 is 65.8 Å². The molecule has 3 aromatic heterocycles. The Balaban J connectivity index is 1.22. The molecule has 1 saturated heterocycles. The maximum atomic E-state index is 15.0. The quantitative estimate of drug-likeness (QED) is 0.208. The summed E-state index contributed by atoms with van der Waals surface area (Å²) in [5.74, 6) is -5.37. The molecule has 0 aliphatic carbocycles. The highest BCUT2D eigenvalue weighted by atomic mass is 35.5. The lowest BCUT2D eigenvalue weighted by Crippen LogP contribution is -2.46. The van der Waals surface area contributed by atoms with Crippen LogP contribution >= 0.6 is 11.6 Å². The predicted octanol–water partition coefficient (Wildman–Crippen LogP) is 3.78. The number of pyridine rings is 1. The molecule has 0 amide bonds. The number of carbonyl (C=O) groups excluding carboxylic acids is 3. The van der Waals surface area contributed by atoms with Crippen LogP contribution in [0.1, 0.15) is 49.3 Å². The van der Waals surface area contributed by atoms with Crippen LogP contribution in [0.4, 0.5) is 4.39 Å². The van der Waals surface area contributed by atoms with Gasteiger partial charge in [-0.1, -0.05) is 48.0 Å². The first kappa shape index (κ1) is 34.1. The van der Waals surface area contributed by atoms with Crippen molar-refractivity contribution >= 4 is 29.4 Å². The maximum Gasteiger partial charge on any atom is 0.346 e. The Hall–Kier alpha value is -5.74. The summed E-state index contributed by atoms with van der Waals surface area (Å²) >= 11 is 5.98. The van der Waals surface area contributed by atoms with Crippen molar-refractivity contribution in [1.29, 1.82) is 0 Å². The first-order valence-corrected chi connectivity index (χ1v) is 15.2. The fourth-order valence-corrected chi connectivity index (χ4v) is 5.22. The number of hydrogen-bond acceptors (Lipinski definition) is 12. The normalized spacial score (nSPS) is 17.0. The van der Waals surface area contributed by atoms with Crippen LogP contribution in [-0.2, 0) is 16.1 Å². The van der Waals surface area contributed by atoms with Gasteiger partial charge in [-0.3, -0.25) is 14.2 Å². The average molecular weight is 706 g/mol. The standard InChI is InChI=1S/C34H25ClFN3O11/c35-23-12-26(49-33(44)22-9-10-46-18-22)29(37-14-23)50-32(43)21-8-4-7-20(11-21)30(41)39-31(42)24(36)15-38(34(39)45)28-13-25(27(16-40)48-28)47-17-19-5-2-1-3-6-19/h1-12,14-15,18,25,27-28,40H,13,16-17H2/t25-,27+,28+/m0/s1. The molecular weight excluding hydrogens is 681 g/mol. The van der Waals surface area contributed by atoms with E-state index in [2.05, 4.69) is 4.98 Å². The topological polar surface area (TPSA) is 178 Å². The number of aliphatic hydroxyl groups is 1. The van der Waals surface area contributed by atoms with Crippen molar-refractivity contribution in [3.05, 3.63) is 146 Å². The number of hydrogen-bond donors (Lipinski definition) is 1. The molecule has 0 radical (unpaired) electrons. The van der Waals surface area contributed by atoms with E-state index in [0.29, 0.717) is 6.20 Å². The van der Waals surface area contributed by atoms with Crippen molar-refractivity contribution < 1.29 is 47.2 Å². The molecule has 3 atom stereocenters. The van der Waals surface area contributed by atoms with Gasteiger partial charge in [0.05, 0.1) is 47.9 Å². The monoisotopic (exact) mass is 705 g/mol. The molecule has 50 heavy (non-hydrogen) atoms. The fraction of sp³-hybridized carbons (Fsp3) is 0.176. The summed E-state index contributed by atoms with van der Waals surface area (Å²) in [5, 5.41) is 9.94. The summed E-state index contributed by atoms with van der Waals surface area (Å²) in [6.45, 7) is -0.307. The molecule has 5 aromatic rings. The Morgan fingerprint density at radius 3 is 2.48 bits per heavy atom. The van der Waals surface area contributed by atoms with Crippen LogP contribution in [0, 0.1) is 5.82 Å². The molecular formula is C34H25ClFN3O11. The van der Waals surface area contributed by atoms with Crippen LogP contribution < -0.4 is 20.7 Å². The Morgan fingerprint density at radius 2 is 1.74 bits per heavy atom. The van der Waals surface area contributed by atoms with Crippen LogP contribution in [0.15, 0.2) is 106 Å². The lowest BCUT2D eigenvalue weighted by Gasteiger charge is -2.17. The molecule has 256 valence electrons. The van der Waals surface area contributed by atoms with Gasteiger partial charge in [-0.2, -0.15) is 8.96 Å². The molecule has 1 N–H and O–H groups in total. The summed E-state index contributed by atoms with van der Waals surface area (Å²) in [6.07, 6.45) is 1.35. The van der Waals surface area contributed by atoms with Crippen LogP contribution in [0.5, 0.6) is 11.6 Å².